The topological polar surface area (TPSA) is 58.2 Å². The highest BCUT2D eigenvalue weighted by molar-refractivity contribution is 6.33. The molecule has 2 rings (SSSR count). The van der Waals surface area contributed by atoms with Crippen LogP contribution in [0.5, 0.6) is 0 Å². The standard InChI is InChI=1S/C19H16ClFN2O2/c20-17-13-15(21)8-9-16(17)19(25)23-12-10-18(24)22-11-4-7-14-5-2-1-3-6-14/h1-3,5-6,8-9,13H,10-12H2,(H,22,24)(H,23,25). The summed E-state index contributed by atoms with van der Waals surface area (Å²) < 4.78 is 12.9. The number of halogens is 2. The monoisotopic (exact) mass is 358 g/mol. The molecule has 0 radical (unpaired) electrons. The maximum atomic E-state index is 12.9. The molecule has 2 aromatic rings. The Balaban J connectivity index is 1.70. The van der Waals surface area contributed by atoms with E-state index in [0.717, 1.165) is 17.7 Å². The second-order valence-corrected chi connectivity index (χ2v) is 5.48. The highest BCUT2D eigenvalue weighted by Crippen LogP contribution is 2.16. The Labute approximate surface area is 150 Å². The highest BCUT2D eigenvalue weighted by Gasteiger charge is 2.11. The lowest BCUT2D eigenvalue weighted by Crippen LogP contribution is -2.31. The van der Waals surface area contributed by atoms with Crippen molar-refractivity contribution in [3.05, 3.63) is 70.5 Å². The third kappa shape index (κ3) is 6.28. The molecule has 0 aliphatic carbocycles. The van der Waals surface area contributed by atoms with Crippen LogP contribution < -0.4 is 10.6 Å². The van der Waals surface area contributed by atoms with Crippen molar-refractivity contribution < 1.29 is 14.0 Å². The molecule has 2 aromatic carbocycles. The lowest BCUT2D eigenvalue weighted by molar-refractivity contribution is -0.120. The molecule has 6 heteroatoms. The van der Waals surface area contributed by atoms with Crippen LogP contribution in [0.2, 0.25) is 5.02 Å². The van der Waals surface area contributed by atoms with Crippen LogP contribution in [-0.2, 0) is 4.79 Å². The maximum absolute atomic E-state index is 12.9. The first kappa shape index (κ1) is 18.5. The van der Waals surface area contributed by atoms with Gasteiger partial charge in [0.1, 0.15) is 5.82 Å². The van der Waals surface area contributed by atoms with Gasteiger partial charge in [0, 0.05) is 18.5 Å². The van der Waals surface area contributed by atoms with E-state index >= 15 is 0 Å². The average Bonchev–Trinajstić information content (AvgIpc) is 2.59. The van der Waals surface area contributed by atoms with E-state index < -0.39 is 11.7 Å². The summed E-state index contributed by atoms with van der Waals surface area (Å²) in [6.07, 6.45) is 0.109. The fraction of sp³-hybridized carbons (Fsp3) is 0.158. The van der Waals surface area contributed by atoms with E-state index in [1.807, 2.05) is 30.3 Å². The second kappa shape index (κ2) is 9.45. The molecule has 25 heavy (non-hydrogen) atoms. The lowest BCUT2D eigenvalue weighted by Gasteiger charge is -2.06. The highest BCUT2D eigenvalue weighted by atomic mass is 35.5. The van der Waals surface area contributed by atoms with Gasteiger partial charge < -0.3 is 10.6 Å². The molecule has 0 saturated heterocycles. The molecule has 0 saturated carbocycles. The van der Waals surface area contributed by atoms with Crippen LogP contribution in [0.1, 0.15) is 22.3 Å². The molecule has 2 amide bonds. The number of benzene rings is 2. The molecule has 0 aliphatic rings. The number of hydrogen-bond acceptors (Lipinski definition) is 2. The van der Waals surface area contributed by atoms with Crippen molar-refractivity contribution in [1.29, 1.82) is 0 Å². The maximum Gasteiger partial charge on any atom is 0.252 e. The molecule has 0 aromatic heterocycles. The number of amides is 2. The van der Waals surface area contributed by atoms with Gasteiger partial charge >= 0.3 is 0 Å². The number of carbonyl (C=O) groups is 2. The molecule has 0 aliphatic heterocycles. The molecule has 128 valence electrons. The van der Waals surface area contributed by atoms with E-state index in [1.54, 1.807) is 0 Å². The number of nitrogens with one attached hydrogen (secondary N) is 2. The van der Waals surface area contributed by atoms with Crippen molar-refractivity contribution in [2.75, 3.05) is 13.1 Å². The first-order chi connectivity index (χ1) is 12.1. The Morgan fingerprint density at radius 3 is 2.56 bits per heavy atom. The largest absolute Gasteiger partial charge is 0.351 e. The number of carbonyl (C=O) groups excluding carboxylic acids is 2. The Hall–Kier alpha value is -2.84. The Morgan fingerprint density at radius 2 is 1.84 bits per heavy atom. The van der Waals surface area contributed by atoms with Crippen molar-refractivity contribution in [2.24, 2.45) is 0 Å². The van der Waals surface area contributed by atoms with E-state index in [2.05, 4.69) is 22.5 Å². The summed E-state index contributed by atoms with van der Waals surface area (Å²) in [5.74, 6) is 4.57. The van der Waals surface area contributed by atoms with E-state index in [9.17, 15) is 14.0 Å². The van der Waals surface area contributed by atoms with Gasteiger partial charge in [-0.25, -0.2) is 4.39 Å². The molecule has 0 atom stereocenters. The van der Waals surface area contributed by atoms with Gasteiger partial charge in [-0.1, -0.05) is 41.6 Å². The molecule has 4 nitrogen and oxygen atoms in total. The molecular weight excluding hydrogens is 343 g/mol. The third-order valence-corrected chi connectivity index (χ3v) is 3.51. The summed E-state index contributed by atoms with van der Waals surface area (Å²) in [6, 6.07) is 13.0. The van der Waals surface area contributed by atoms with Crippen LogP contribution in [-0.4, -0.2) is 24.9 Å². The van der Waals surface area contributed by atoms with Crippen LogP contribution in [0, 0.1) is 17.7 Å². The van der Waals surface area contributed by atoms with Gasteiger partial charge in [-0.2, -0.15) is 0 Å². The van der Waals surface area contributed by atoms with E-state index in [1.165, 1.54) is 6.07 Å². The molecule has 2 N–H and O–H groups in total. The van der Waals surface area contributed by atoms with Crippen molar-refractivity contribution in [1.82, 2.24) is 10.6 Å². The molecule has 0 bridgehead atoms. The van der Waals surface area contributed by atoms with E-state index in [4.69, 9.17) is 11.6 Å². The minimum absolute atomic E-state index is 0.0261. The molecule has 0 heterocycles. The molecule has 0 unspecified atom stereocenters. The van der Waals surface area contributed by atoms with Crippen LogP contribution in [0.4, 0.5) is 4.39 Å². The van der Waals surface area contributed by atoms with Crippen LogP contribution in [0.3, 0.4) is 0 Å². The predicted octanol–water partition coefficient (Wildman–Crippen LogP) is 2.77. The van der Waals surface area contributed by atoms with Gasteiger partial charge in [0.05, 0.1) is 17.1 Å². The summed E-state index contributed by atoms with van der Waals surface area (Å²) >= 11 is 5.81. The van der Waals surface area contributed by atoms with Gasteiger partial charge in [-0.05, 0) is 30.3 Å². The predicted molar refractivity (Wildman–Crippen MR) is 94.7 cm³/mol. The Bertz CT molecular complexity index is 813. The lowest BCUT2D eigenvalue weighted by atomic mass is 10.2. The Kier molecular flexibility index (Phi) is 7.00. The van der Waals surface area contributed by atoms with Crippen molar-refractivity contribution in [3.63, 3.8) is 0 Å². The van der Waals surface area contributed by atoms with Gasteiger partial charge in [0.2, 0.25) is 5.91 Å². The minimum atomic E-state index is -0.516. The molecule has 0 spiro atoms. The zero-order valence-corrected chi connectivity index (χ0v) is 14.1. The average molecular weight is 359 g/mol. The van der Waals surface area contributed by atoms with Gasteiger partial charge in [-0.15, -0.1) is 0 Å². The molecule has 0 fully saturated rings. The Morgan fingerprint density at radius 1 is 1.08 bits per heavy atom. The first-order valence-corrected chi connectivity index (χ1v) is 7.98. The first-order valence-electron chi connectivity index (χ1n) is 7.60. The van der Waals surface area contributed by atoms with Crippen LogP contribution >= 0.6 is 11.6 Å². The summed E-state index contributed by atoms with van der Waals surface area (Å²) in [6.45, 7) is 0.371. The number of hydrogen-bond donors (Lipinski definition) is 2. The number of rotatable bonds is 5. The normalized spacial score (nSPS) is 9.68. The van der Waals surface area contributed by atoms with Gasteiger partial charge in [0.25, 0.3) is 5.91 Å². The minimum Gasteiger partial charge on any atom is -0.351 e. The summed E-state index contributed by atoms with van der Waals surface area (Å²) in [4.78, 5) is 23.6. The van der Waals surface area contributed by atoms with Gasteiger partial charge in [0.15, 0.2) is 0 Å². The summed E-state index contributed by atoms with van der Waals surface area (Å²) in [5, 5.41) is 5.24. The molecular formula is C19H16ClFN2O2. The van der Waals surface area contributed by atoms with Crippen LogP contribution in [0.25, 0.3) is 0 Å². The van der Waals surface area contributed by atoms with Crippen molar-refractivity contribution >= 4 is 23.4 Å². The van der Waals surface area contributed by atoms with Gasteiger partial charge in [-0.3, -0.25) is 9.59 Å². The SMILES string of the molecule is O=C(CCNC(=O)c1ccc(F)cc1Cl)NCC#Cc1ccccc1. The second-order valence-electron chi connectivity index (χ2n) is 5.07. The summed E-state index contributed by atoms with van der Waals surface area (Å²) in [7, 11) is 0. The van der Waals surface area contributed by atoms with Crippen molar-refractivity contribution in [2.45, 2.75) is 6.42 Å². The fourth-order valence-corrected chi connectivity index (χ4v) is 2.21. The zero-order chi connectivity index (χ0) is 18.1. The zero-order valence-electron chi connectivity index (χ0n) is 13.3. The van der Waals surface area contributed by atoms with E-state index in [-0.39, 0.29) is 36.0 Å². The third-order valence-electron chi connectivity index (χ3n) is 3.19. The summed E-state index contributed by atoms with van der Waals surface area (Å²) in [5.41, 5.74) is 1.04. The smallest absolute Gasteiger partial charge is 0.252 e. The fourth-order valence-electron chi connectivity index (χ4n) is 1.96. The van der Waals surface area contributed by atoms with Crippen molar-refractivity contribution in [3.8, 4) is 11.8 Å². The van der Waals surface area contributed by atoms with Crippen LogP contribution in [0.15, 0.2) is 48.5 Å². The van der Waals surface area contributed by atoms with E-state index in [0.29, 0.717) is 0 Å². The quantitative estimate of drug-likeness (QED) is 0.807.